The fourth-order valence-electron chi connectivity index (χ4n) is 2.98. The van der Waals surface area contributed by atoms with E-state index in [1.165, 1.54) is 11.1 Å². The molecule has 1 aromatic rings. The first-order valence-corrected chi connectivity index (χ1v) is 8.88. The summed E-state index contributed by atoms with van der Waals surface area (Å²) in [6.45, 7) is 0.615. The number of rotatable bonds is 5. The molecule has 1 heterocycles. The summed E-state index contributed by atoms with van der Waals surface area (Å²) >= 11 is 3.50. The van der Waals surface area contributed by atoms with Crippen LogP contribution in [0.3, 0.4) is 0 Å². The largest absolute Gasteiger partial charge is 0.491 e. The van der Waals surface area contributed by atoms with Crippen molar-refractivity contribution in [2.75, 3.05) is 11.9 Å². The molecule has 4 heteroatoms. The fraction of sp³-hybridized carbons (Fsp3) is 0.389. The number of pyridine rings is 1. The van der Waals surface area contributed by atoms with Gasteiger partial charge in [0.1, 0.15) is 12.4 Å². The molecule has 0 radical (unpaired) electrons. The van der Waals surface area contributed by atoms with Gasteiger partial charge in [-0.05, 0) is 37.3 Å². The first kappa shape index (κ1) is 15.3. The number of fused-ring (bicyclic) bond motifs is 1. The van der Waals surface area contributed by atoms with Gasteiger partial charge in [-0.2, -0.15) is 0 Å². The van der Waals surface area contributed by atoms with Crippen molar-refractivity contribution in [1.29, 1.82) is 0 Å². The lowest BCUT2D eigenvalue weighted by Gasteiger charge is -2.18. The van der Waals surface area contributed by atoms with E-state index in [4.69, 9.17) is 4.74 Å². The number of hydrogen-bond acceptors (Lipinski definition) is 2. The first-order valence-electron chi connectivity index (χ1n) is 7.76. The van der Waals surface area contributed by atoms with E-state index in [9.17, 15) is 4.79 Å². The van der Waals surface area contributed by atoms with Crippen LogP contribution in [0.1, 0.15) is 32.1 Å². The van der Waals surface area contributed by atoms with E-state index < -0.39 is 0 Å². The number of ether oxygens (including phenoxy) is 1. The molecule has 0 fully saturated rings. The van der Waals surface area contributed by atoms with E-state index in [0.29, 0.717) is 6.61 Å². The molecule has 0 aromatic carbocycles. The summed E-state index contributed by atoms with van der Waals surface area (Å²) in [5.74, 6) is 0.918. The molecule has 0 bridgehead atoms. The molecule has 0 amide bonds. The topological polar surface area (TPSA) is 42.1 Å². The van der Waals surface area contributed by atoms with Crippen molar-refractivity contribution in [3.05, 3.63) is 56.9 Å². The smallest absolute Gasteiger partial charge is 0.248 e. The Bertz CT molecular complexity index is 786. The monoisotopic (exact) mass is 361 g/mol. The summed E-state index contributed by atoms with van der Waals surface area (Å²) in [5, 5.41) is 2.95. The molecule has 0 spiro atoms. The molecular weight excluding hydrogens is 342 g/mol. The maximum absolute atomic E-state index is 11.7. The van der Waals surface area contributed by atoms with Gasteiger partial charge >= 0.3 is 0 Å². The molecule has 1 aromatic heterocycles. The number of hydrogen-bond donors (Lipinski definition) is 1. The van der Waals surface area contributed by atoms with Gasteiger partial charge in [-0.3, -0.25) is 4.79 Å². The average molecular weight is 362 g/mol. The van der Waals surface area contributed by atoms with Crippen LogP contribution in [0.5, 0.6) is 0 Å². The van der Waals surface area contributed by atoms with Crippen LogP contribution < -0.4 is 16.1 Å². The number of allylic oxidation sites excluding steroid dienone is 3. The molecule has 0 atom stereocenters. The predicted octanol–water partition coefficient (Wildman–Crippen LogP) is 2.51. The van der Waals surface area contributed by atoms with Crippen LogP contribution in [0.25, 0.3) is 11.3 Å². The van der Waals surface area contributed by atoms with Gasteiger partial charge in [0.05, 0.1) is 5.35 Å². The van der Waals surface area contributed by atoms with Gasteiger partial charge in [-0.1, -0.05) is 39.7 Å². The summed E-state index contributed by atoms with van der Waals surface area (Å²) in [6, 6.07) is 3.53. The van der Waals surface area contributed by atoms with Crippen molar-refractivity contribution in [1.82, 2.24) is 4.98 Å². The van der Waals surface area contributed by atoms with Gasteiger partial charge in [0, 0.05) is 23.0 Å². The van der Waals surface area contributed by atoms with E-state index >= 15 is 0 Å². The van der Waals surface area contributed by atoms with E-state index in [-0.39, 0.29) is 5.56 Å². The predicted molar refractivity (Wildman–Crippen MR) is 93.2 cm³/mol. The number of alkyl halides is 1. The zero-order chi connectivity index (χ0) is 15.4. The van der Waals surface area contributed by atoms with Gasteiger partial charge in [0.2, 0.25) is 5.56 Å². The molecule has 116 valence electrons. The van der Waals surface area contributed by atoms with Crippen molar-refractivity contribution in [3.8, 4) is 0 Å². The molecule has 1 N–H and O–H groups in total. The minimum absolute atomic E-state index is 0.0697. The highest BCUT2D eigenvalue weighted by atomic mass is 79.9. The van der Waals surface area contributed by atoms with E-state index in [1.54, 1.807) is 6.07 Å². The Balaban J connectivity index is 1.96. The third-order valence-electron chi connectivity index (χ3n) is 4.16. The minimum Gasteiger partial charge on any atom is -0.491 e. The normalized spacial score (nSPS) is 17.2. The molecule has 2 aliphatic carbocycles. The highest BCUT2D eigenvalue weighted by molar-refractivity contribution is 9.09. The van der Waals surface area contributed by atoms with Crippen LogP contribution in [0.4, 0.5) is 0 Å². The van der Waals surface area contributed by atoms with Crippen LogP contribution >= 0.6 is 15.9 Å². The van der Waals surface area contributed by atoms with E-state index in [1.807, 2.05) is 6.07 Å². The molecule has 0 aliphatic heterocycles. The number of nitrogens with one attached hydrogen (secondary N) is 1. The second-order valence-electron chi connectivity index (χ2n) is 5.66. The highest BCUT2D eigenvalue weighted by Gasteiger charge is 2.13. The Hall–Kier alpha value is -1.55. The highest BCUT2D eigenvalue weighted by Crippen LogP contribution is 2.20. The Morgan fingerprint density at radius 2 is 2.14 bits per heavy atom. The number of halogens is 1. The second-order valence-corrected chi connectivity index (χ2v) is 6.45. The van der Waals surface area contributed by atoms with Crippen LogP contribution in [0.15, 0.2) is 40.7 Å². The van der Waals surface area contributed by atoms with Crippen molar-refractivity contribution in [2.24, 2.45) is 0 Å². The Morgan fingerprint density at radius 3 is 2.91 bits per heavy atom. The maximum Gasteiger partial charge on any atom is 0.248 e. The third-order valence-corrected chi connectivity index (χ3v) is 4.56. The molecule has 3 nitrogen and oxygen atoms in total. The Kier molecular flexibility index (Phi) is 4.98. The SMILES string of the molecule is O=c1ccc2c([nH]1)=C(OCC1=CC=CCC1)CCC=2CCBr. The summed E-state index contributed by atoms with van der Waals surface area (Å²) < 4.78 is 6.05. The average Bonchev–Trinajstić information content (AvgIpc) is 2.55. The number of aromatic nitrogens is 1. The standard InChI is InChI=1S/C18H20BrNO2/c19-11-10-14-6-8-16(18-15(14)7-9-17(21)20-18)22-12-13-4-2-1-3-5-13/h1-2,4,7,9H,3,5-6,8,10-12H2,(H,20,21). The van der Waals surface area contributed by atoms with Crippen LogP contribution in [0.2, 0.25) is 0 Å². The second kappa shape index (κ2) is 7.14. The lowest BCUT2D eigenvalue weighted by Crippen LogP contribution is -2.40. The lowest BCUT2D eigenvalue weighted by atomic mass is 9.99. The third kappa shape index (κ3) is 3.43. The van der Waals surface area contributed by atoms with Crippen molar-refractivity contribution in [2.45, 2.75) is 32.1 Å². The van der Waals surface area contributed by atoms with E-state index in [0.717, 1.165) is 53.8 Å². The summed E-state index contributed by atoms with van der Waals surface area (Å²) in [6.07, 6.45) is 11.4. The van der Waals surface area contributed by atoms with Crippen LogP contribution in [-0.4, -0.2) is 16.9 Å². The Morgan fingerprint density at radius 1 is 1.23 bits per heavy atom. The van der Waals surface area contributed by atoms with E-state index in [2.05, 4.69) is 39.1 Å². The van der Waals surface area contributed by atoms with Crippen LogP contribution in [-0.2, 0) is 4.74 Å². The fourth-order valence-corrected chi connectivity index (χ4v) is 3.46. The van der Waals surface area contributed by atoms with Crippen molar-refractivity contribution >= 4 is 27.3 Å². The molecule has 22 heavy (non-hydrogen) atoms. The lowest BCUT2D eigenvalue weighted by molar-refractivity contribution is 0.286. The van der Waals surface area contributed by atoms with Gasteiger partial charge < -0.3 is 9.72 Å². The quantitative estimate of drug-likeness (QED) is 0.818. The molecule has 0 saturated heterocycles. The number of H-pyrrole nitrogens is 1. The van der Waals surface area contributed by atoms with Crippen molar-refractivity contribution in [3.63, 3.8) is 0 Å². The molecule has 0 unspecified atom stereocenters. The summed E-state index contributed by atoms with van der Waals surface area (Å²) in [7, 11) is 0. The van der Waals surface area contributed by atoms with Gasteiger partial charge in [0.15, 0.2) is 0 Å². The van der Waals surface area contributed by atoms with Gasteiger partial charge in [-0.25, -0.2) is 0 Å². The zero-order valence-corrected chi connectivity index (χ0v) is 14.1. The zero-order valence-electron chi connectivity index (χ0n) is 12.5. The summed E-state index contributed by atoms with van der Waals surface area (Å²) in [4.78, 5) is 14.7. The first-order chi connectivity index (χ1) is 10.8. The maximum atomic E-state index is 11.7. The van der Waals surface area contributed by atoms with Crippen molar-refractivity contribution < 1.29 is 4.74 Å². The van der Waals surface area contributed by atoms with Gasteiger partial charge in [-0.15, -0.1) is 0 Å². The molecule has 0 saturated carbocycles. The molecule has 2 aliphatic rings. The number of aromatic amines is 1. The Labute approximate surface area is 138 Å². The molecular formula is C18H20BrNO2. The summed E-state index contributed by atoms with van der Waals surface area (Å²) in [5.41, 5.74) is 2.63. The van der Waals surface area contributed by atoms with Gasteiger partial charge in [0.25, 0.3) is 0 Å². The molecule has 3 rings (SSSR count). The van der Waals surface area contributed by atoms with Crippen LogP contribution in [0, 0.1) is 0 Å². The minimum atomic E-state index is -0.0697.